The van der Waals surface area contributed by atoms with Gasteiger partial charge in [0.2, 0.25) is 0 Å². The Labute approximate surface area is 175 Å². The van der Waals surface area contributed by atoms with Crippen LogP contribution in [-0.4, -0.2) is 36.0 Å². The van der Waals surface area contributed by atoms with E-state index in [4.69, 9.17) is 4.74 Å². The molecule has 1 fully saturated rings. The van der Waals surface area contributed by atoms with E-state index in [1.165, 1.54) is 12.1 Å². The van der Waals surface area contributed by atoms with Gasteiger partial charge in [-0.3, -0.25) is 9.69 Å². The number of nitrogens with zero attached hydrogens (tertiary/aromatic N) is 1. The maximum absolute atomic E-state index is 12.9. The van der Waals surface area contributed by atoms with Crippen LogP contribution in [-0.2, 0) is 17.5 Å². The van der Waals surface area contributed by atoms with Gasteiger partial charge >= 0.3 is 6.18 Å². The van der Waals surface area contributed by atoms with E-state index >= 15 is 0 Å². The van der Waals surface area contributed by atoms with Crippen molar-refractivity contribution in [2.24, 2.45) is 0 Å². The Kier molecular flexibility index (Phi) is 7.02. The van der Waals surface area contributed by atoms with E-state index in [0.29, 0.717) is 30.9 Å². The molecule has 162 valence electrons. The van der Waals surface area contributed by atoms with Gasteiger partial charge in [0.25, 0.3) is 5.91 Å². The molecule has 2 aromatic rings. The fourth-order valence-corrected chi connectivity index (χ4v) is 3.53. The summed E-state index contributed by atoms with van der Waals surface area (Å²) in [7, 11) is 0. The maximum Gasteiger partial charge on any atom is 0.416 e. The summed E-state index contributed by atoms with van der Waals surface area (Å²) in [6, 6.07) is 13.0. The summed E-state index contributed by atoms with van der Waals surface area (Å²) in [5, 5.41) is 3.02. The highest BCUT2D eigenvalue weighted by molar-refractivity contribution is 5.81. The van der Waals surface area contributed by atoms with Crippen LogP contribution in [0.4, 0.5) is 13.2 Å². The number of benzene rings is 2. The van der Waals surface area contributed by atoms with Gasteiger partial charge in [0.15, 0.2) is 6.10 Å². The molecule has 1 atom stereocenters. The standard InChI is InChI=1S/C23H27F3N2O2/c1-16-6-8-21(9-7-16)30-17(2)22(29)27-20-10-12-28(13-11-20)15-18-4-3-5-19(14-18)23(24,25)26/h3-9,14,17,20H,10-13,15H2,1-2H3,(H,27,29). The van der Waals surface area contributed by atoms with Gasteiger partial charge in [-0.15, -0.1) is 0 Å². The summed E-state index contributed by atoms with van der Waals surface area (Å²) in [4.78, 5) is 14.5. The number of aryl methyl sites for hydroxylation is 1. The third-order valence-electron chi connectivity index (χ3n) is 5.30. The summed E-state index contributed by atoms with van der Waals surface area (Å²) in [6.45, 7) is 5.61. The van der Waals surface area contributed by atoms with Crippen LogP contribution in [0.25, 0.3) is 0 Å². The molecule has 0 radical (unpaired) electrons. The molecule has 3 rings (SSSR count). The zero-order chi connectivity index (χ0) is 21.7. The molecule has 0 saturated carbocycles. The van der Waals surface area contributed by atoms with Crippen molar-refractivity contribution >= 4 is 5.91 Å². The summed E-state index contributed by atoms with van der Waals surface area (Å²) in [5.41, 5.74) is 1.15. The van der Waals surface area contributed by atoms with Crippen molar-refractivity contribution in [2.45, 2.75) is 51.6 Å². The number of carbonyl (C=O) groups excluding carboxylic acids is 1. The van der Waals surface area contributed by atoms with E-state index in [0.717, 1.165) is 24.5 Å². The average molecular weight is 420 g/mol. The Balaban J connectivity index is 1.45. The molecule has 7 heteroatoms. The van der Waals surface area contributed by atoms with Crippen LogP contribution in [0.2, 0.25) is 0 Å². The number of nitrogens with one attached hydrogen (secondary N) is 1. The van der Waals surface area contributed by atoms with Gasteiger partial charge in [-0.25, -0.2) is 0 Å². The van der Waals surface area contributed by atoms with Crippen molar-refractivity contribution < 1.29 is 22.7 Å². The summed E-state index contributed by atoms with van der Waals surface area (Å²) in [5.74, 6) is 0.492. The minimum atomic E-state index is -4.33. The molecular weight excluding hydrogens is 393 g/mol. The lowest BCUT2D eigenvalue weighted by Crippen LogP contribution is -2.47. The second-order valence-corrected chi connectivity index (χ2v) is 7.83. The predicted molar refractivity (Wildman–Crippen MR) is 109 cm³/mol. The molecule has 1 amide bonds. The molecule has 1 unspecified atom stereocenters. The zero-order valence-electron chi connectivity index (χ0n) is 17.2. The molecule has 0 aromatic heterocycles. The van der Waals surface area contributed by atoms with E-state index < -0.39 is 17.8 Å². The maximum atomic E-state index is 12.9. The monoisotopic (exact) mass is 420 g/mol. The van der Waals surface area contributed by atoms with Crippen LogP contribution in [0.1, 0.15) is 36.5 Å². The molecule has 0 spiro atoms. The van der Waals surface area contributed by atoms with Crippen molar-refractivity contribution in [3.8, 4) is 5.75 Å². The summed E-state index contributed by atoms with van der Waals surface area (Å²) in [6.07, 6.45) is -3.43. The first-order valence-electron chi connectivity index (χ1n) is 10.1. The quantitative estimate of drug-likeness (QED) is 0.745. The molecule has 2 aromatic carbocycles. The normalized spacial score (nSPS) is 16.8. The first-order chi connectivity index (χ1) is 14.2. The number of piperidine rings is 1. The molecule has 1 aliphatic heterocycles. The molecule has 1 heterocycles. The van der Waals surface area contributed by atoms with Gasteiger partial charge < -0.3 is 10.1 Å². The van der Waals surface area contributed by atoms with Gasteiger partial charge in [-0.05, 0) is 50.5 Å². The highest BCUT2D eigenvalue weighted by Gasteiger charge is 2.30. The number of rotatable bonds is 6. The fourth-order valence-electron chi connectivity index (χ4n) is 3.53. The lowest BCUT2D eigenvalue weighted by molar-refractivity contribution is -0.137. The topological polar surface area (TPSA) is 41.6 Å². The first kappa shape index (κ1) is 22.2. The minimum absolute atomic E-state index is 0.0410. The lowest BCUT2D eigenvalue weighted by atomic mass is 10.0. The third-order valence-corrected chi connectivity index (χ3v) is 5.30. The Morgan fingerprint density at radius 2 is 1.83 bits per heavy atom. The van der Waals surface area contributed by atoms with Crippen LogP contribution in [0.5, 0.6) is 5.75 Å². The van der Waals surface area contributed by atoms with Crippen LogP contribution in [0, 0.1) is 6.92 Å². The van der Waals surface area contributed by atoms with Crippen molar-refractivity contribution in [2.75, 3.05) is 13.1 Å². The summed E-state index contributed by atoms with van der Waals surface area (Å²) >= 11 is 0. The van der Waals surface area contributed by atoms with Gasteiger partial charge in [0.1, 0.15) is 5.75 Å². The van der Waals surface area contributed by atoms with Gasteiger partial charge in [0.05, 0.1) is 5.56 Å². The Morgan fingerprint density at radius 1 is 1.17 bits per heavy atom. The highest BCUT2D eigenvalue weighted by atomic mass is 19.4. The molecule has 1 N–H and O–H groups in total. The van der Waals surface area contributed by atoms with E-state index in [9.17, 15) is 18.0 Å². The smallest absolute Gasteiger partial charge is 0.416 e. The van der Waals surface area contributed by atoms with E-state index in [2.05, 4.69) is 10.2 Å². The fraction of sp³-hybridized carbons (Fsp3) is 0.435. The van der Waals surface area contributed by atoms with Crippen molar-refractivity contribution in [1.82, 2.24) is 10.2 Å². The van der Waals surface area contributed by atoms with Gasteiger partial charge in [0, 0.05) is 25.7 Å². The number of likely N-dealkylation sites (tertiary alicyclic amines) is 1. The molecule has 0 bridgehead atoms. The Hall–Kier alpha value is -2.54. The molecular formula is C23H27F3N2O2. The molecule has 0 aliphatic carbocycles. The van der Waals surface area contributed by atoms with Gasteiger partial charge in [-0.1, -0.05) is 35.9 Å². The third kappa shape index (κ3) is 6.23. The average Bonchev–Trinajstić information content (AvgIpc) is 2.71. The largest absolute Gasteiger partial charge is 0.481 e. The number of amides is 1. The van der Waals surface area contributed by atoms with Crippen molar-refractivity contribution in [3.63, 3.8) is 0 Å². The van der Waals surface area contributed by atoms with E-state index in [-0.39, 0.29) is 11.9 Å². The van der Waals surface area contributed by atoms with E-state index in [1.807, 2.05) is 31.2 Å². The Bertz CT molecular complexity index is 844. The summed E-state index contributed by atoms with van der Waals surface area (Å²) < 4.78 is 44.3. The number of alkyl halides is 3. The van der Waals surface area contributed by atoms with Gasteiger partial charge in [-0.2, -0.15) is 13.2 Å². The van der Waals surface area contributed by atoms with Crippen LogP contribution in [0.15, 0.2) is 48.5 Å². The molecule has 4 nitrogen and oxygen atoms in total. The zero-order valence-corrected chi connectivity index (χ0v) is 17.2. The van der Waals surface area contributed by atoms with Crippen molar-refractivity contribution in [3.05, 3.63) is 65.2 Å². The number of halogens is 3. The SMILES string of the molecule is Cc1ccc(OC(C)C(=O)NC2CCN(Cc3cccc(C(F)(F)F)c3)CC2)cc1. The van der Waals surface area contributed by atoms with Crippen molar-refractivity contribution in [1.29, 1.82) is 0 Å². The highest BCUT2D eigenvalue weighted by Crippen LogP contribution is 2.30. The van der Waals surface area contributed by atoms with Crippen LogP contribution < -0.4 is 10.1 Å². The predicted octanol–water partition coefficient (Wildman–Crippen LogP) is 4.56. The lowest BCUT2D eigenvalue weighted by Gasteiger charge is -2.33. The first-order valence-corrected chi connectivity index (χ1v) is 10.1. The van der Waals surface area contributed by atoms with Crippen LogP contribution >= 0.6 is 0 Å². The molecule has 30 heavy (non-hydrogen) atoms. The second kappa shape index (κ2) is 9.51. The van der Waals surface area contributed by atoms with E-state index in [1.54, 1.807) is 13.0 Å². The molecule has 1 aliphatic rings. The van der Waals surface area contributed by atoms with Crippen LogP contribution in [0.3, 0.4) is 0 Å². The Morgan fingerprint density at radius 3 is 2.47 bits per heavy atom. The molecule has 1 saturated heterocycles. The number of ether oxygens (including phenoxy) is 1. The number of hydrogen-bond acceptors (Lipinski definition) is 3. The number of hydrogen-bond donors (Lipinski definition) is 1. The second-order valence-electron chi connectivity index (χ2n) is 7.83. The minimum Gasteiger partial charge on any atom is -0.481 e. The number of carbonyl (C=O) groups is 1.